The monoisotopic (exact) mass is 361 g/mol. The van der Waals surface area contributed by atoms with Gasteiger partial charge in [-0.05, 0) is 37.7 Å². The summed E-state index contributed by atoms with van der Waals surface area (Å²) < 4.78 is 10.8. The van der Waals surface area contributed by atoms with E-state index >= 15 is 0 Å². The van der Waals surface area contributed by atoms with Gasteiger partial charge in [0.05, 0.1) is 0 Å². The lowest BCUT2D eigenvalue weighted by Gasteiger charge is -2.35. The van der Waals surface area contributed by atoms with Gasteiger partial charge >= 0.3 is 0 Å². The van der Waals surface area contributed by atoms with E-state index in [1.807, 2.05) is 11.0 Å². The van der Waals surface area contributed by atoms with E-state index in [-0.39, 0.29) is 5.91 Å². The molecule has 1 saturated heterocycles. The smallest absolute Gasteiger partial charge is 0.231 e. The molecule has 1 fully saturated rings. The van der Waals surface area contributed by atoms with Crippen molar-refractivity contribution in [3.63, 3.8) is 0 Å². The highest BCUT2D eigenvalue weighted by molar-refractivity contribution is 5.76. The molecule has 6 nitrogen and oxygen atoms in total. The maximum Gasteiger partial charge on any atom is 0.231 e. The summed E-state index contributed by atoms with van der Waals surface area (Å²) in [5.41, 5.74) is 1.23. The van der Waals surface area contributed by atoms with E-state index in [0.29, 0.717) is 13.2 Å². The van der Waals surface area contributed by atoms with Crippen molar-refractivity contribution in [2.75, 3.05) is 53.1 Å². The van der Waals surface area contributed by atoms with Crippen molar-refractivity contribution >= 4 is 5.91 Å². The third-order valence-electron chi connectivity index (χ3n) is 5.17. The third-order valence-corrected chi connectivity index (χ3v) is 5.17. The number of rotatable bonds is 8. The first kappa shape index (κ1) is 19.0. The van der Waals surface area contributed by atoms with Crippen LogP contribution in [0.25, 0.3) is 0 Å². The van der Waals surface area contributed by atoms with Gasteiger partial charge in [-0.15, -0.1) is 0 Å². The van der Waals surface area contributed by atoms with Gasteiger partial charge in [0.2, 0.25) is 12.7 Å². The maximum atomic E-state index is 12.4. The van der Waals surface area contributed by atoms with E-state index in [1.54, 1.807) is 0 Å². The second kappa shape index (κ2) is 9.24. The minimum absolute atomic E-state index is 0.288. The zero-order valence-electron chi connectivity index (χ0n) is 16.1. The minimum atomic E-state index is 0.288. The summed E-state index contributed by atoms with van der Waals surface area (Å²) in [6, 6.07) is 6.13. The van der Waals surface area contributed by atoms with Gasteiger partial charge in [-0.3, -0.25) is 9.69 Å². The molecule has 0 aliphatic carbocycles. The predicted octanol–water partition coefficient (Wildman–Crippen LogP) is 2.18. The lowest BCUT2D eigenvalue weighted by Crippen LogP contribution is -2.48. The number of carbonyl (C=O) groups is 1. The number of benzene rings is 1. The van der Waals surface area contributed by atoms with E-state index in [2.05, 4.69) is 35.9 Å². The molecule has 3 rings (SSSR count). The molecule has 2 aliphatic rings. The summed E-state index contributed by atoms with van der Waals surface area (Å²) in [5.74, 6) is 1.95. The summed E-state index contributed by atoms with van der Waals surface area (Å²) in [6.45, 7) is 8.82. The van der Waals surface area contributed by atoms with Gasteiger partial charge in [0.1, 0.15) is 0 Å². The third kappa shape index (κ3) is 5.11. The Bertz CT molecular complexity index is 600. The molecule has 0 radical (unpaired) electrons. The van der Waals surface area contributed by atoms with Crippen LogP contribution in [0.4, 0.5) is 0 Å². The van der Waals surface area contributed by atoms with Crippen molar-refractivity contribution in [1.82, 2.24) is 14.7 Å². The molecule has 144 valence electrons. The Hall–Kier alpha value is -1.79. The van der Waals surface area contributed by atoms with Gasteiger partial charge in [-0.25, -0.2) is 0 Å². The van der Waals surface area contributed by atoms with Crippen LogP contribution >= 0.6 is 0 Å². The molecule has 26 heavy (non-hydrogen) atoms. The minimum Gasteiger partial charge on any atom is -0.454 e. The molecular weight excluding hydrogens is 330 g/mol. The van der Waals surface area contributed by atoms with Crippen LogP contribution in [0.3, 0.4) is 0 Å². The predicted molar refractivity (Wildman–Crippen MR) is 101 cm³/mol. The number of ether oxygens (including phenoxy) is 2. The molecule has 2 aliphatic heterocycles. The summed E-state index contributed by atoms with van der Waals surface area (Å²) in [7, 11) is 2.10. The number of hydrogen-bond donors (Lipinski definition) is 0. The molecule has 1 amide bonds. The van der Waals surface area contributed by atoms with Crippen LogP contribution in [-0.4, -0.2) is 73.7 Å². The van der Waals surface area contributed by atoms with Crippen LogP contribution in [0.1, 0.15) is 31.7 Å². The Labute approximate surface area is 156 Å². The Morgan fingerprint density at radius 1 is 1.12 bits per heavy atom. The van der Waals surface area contributed by atoms with Crippen LogP contribution in [0, 0.1) is 0 Å². The molecule has 2 heterocycles. The fraction of sp³-hybridized carbons (Fsp3) is 0.650. The fourth-order valence-electron chi connectivity index (χ4n) is 3.44. The first-order valence-electron chi connectivity index (χ1n) is 9.73. The number of fused-ring (bicyclic) bond motifs is 1. The number of piperazine rings is 1. The van der Waals surface area contributed by atoms with Gasteiger partial charge in [0.15, 0.2) is 11.5 Å². The number of nitrogens with zero attached hydrogens (tertiary/aromatic N) is 3. The molecule has 0 spiro atoms. The number of amides is 1. The molecule has 0 N–H and O–H groups in total. The van der Waals surface area contributed by atoms with Gasteiger partial charge < -0.3 is 19.3 Å². The van der Waals surface area contributed by atoms with Crippen molar-refractivity contribution in [2.45, 2.75) is 32.7 Å². The van der Waals surface area contributed by atoms with Crippen molar-refractivity contribution < 1.29 is 14.3 Å². The quantitative estimate of drug-likeness (QED) is 0.710. The molecule has 0 aromatic heterocycles. The van der Waals surface area contributed by atoms with E-state index in [1.165, 1.54) is 18.4 Å². The molecular formula is C20H31N3O3. The highest BCUT2D eigenvalue weighted by Crippen LogP contribution is 2.32. The van der Waals surface area contributed by atoms with Crippen molar-refractivity contribution in [3.05, 3.63) is 23.8 Å². The lowest BCUT2D eigenvalue weighted by atomic mass is 10.1. The molecule has 6 heteroatoms. The molecule has 0 bridgehead atoms. The largest absolute Gasteiger partial charge is 0.454 e. The number of unbranched alkanes of at least 4 members (excludes halogenated alkanes) is 1. The first-order chi connectivity index (χ1) is 12.7. The number of hydrogen-bond acceptors (Lipinski definition) is 5. The average molecular weight is 361 g/mol. The Morgan fingerprint density at radius 3 is 2.65 bits per heavy atom. The van der Waals surface area contributed by atoms with E-state index in [4.69, 9.17) is 9.47 Å². The Balaban J connectivity index is 1.39. The van der Waals surface area contributed by atoms with Gasteiger partial charge in [0, 0.05) is 45.7 Å². The highest BCUT2D eigenvalue weighted by atomic mass is 16.7. The topological polar surface area (TPSA) is 45.3 Å². The summed E-state index contributed by atoms with van der Waals surface area (Å²) in [4.78, 5) is 19.1. The second-order valence-electron chi connectivity index (χ2n) is 7.25. The first-order valence-corrected chi connectivity index (χ1v) is 9.73. The Morgan fingerprint density at radius 2 is 1.88 bits per heavy atom. The zero-order chi connectivity index (χ0) is 18.4. The van der Waals surface area contributed by atoms with E-state index in [0.717, 1.165) is 57.3 Å². The molecule has 1 aromatic rings. The van der Waals surface area contributed by atoms with Crippen LogP contribution in [0.5, 0.6) is 11.5 Å². The van der Waals surface area contributed by atoms with Gasteiger partial charge in [-0.2, -0.15) is 0 Å². The normalized spacial score (nSPS) is 17.1. The number of carbonyl (C=O) groups excluding carboxylic acids is 1. The summed E-state index contributed by atoms with van der Waals surface area (Å²) in [6.07, 6.45) is 3.02. The molecule has 0 saturated carbocycles. The Kier molecular flexibility index (Phi) is 6.74. The van der Waals surface area contributed by atoms with Crippen LogP contribution in [-0.2, 0) is 11.3 Å². The zero-order valence-corrected chi connectivity index (χ0v) is 16.1. The van der Waals surface area contributed by atoms with E-state index < -0.39 is 0 Å². The molecule has 0 atom stereocenters. The van der Waals surface area contributed by atoms with Crippen LogP contribution in [0.2, 0.25) is 0 Å². The second-order valence-corrected chi connectivity index (χ2v) is 7.25. The highest BCUT2D eigenvalue weighted by Gasteiger charge is 2.22. The van der Waals surface area contributed by atoms with Crippen molar-refractivity contribution in [2.24, 2.45) is 0 Å². The summed E-state index contributed by atoms with van der Waals surface area (Å²) >= 11 is 0. The van der Waals surface area contributed by atoms with Crippen LogP contribution in [0.15, 0.2) is 18.2 Å². The lowest BCUT2D eigenvalue weighted by molar-refractivity contribution is -0.133. The fourth-order valence-corrected chi connectivity index (χ4v) is 3.44. The standard InChI is InChI=1S/C20H31N3O3/c1-3-4-8-21(2)9-7-20(24)23-12-10-22(11-13-23)15-17-5-6-18-19(14-17)26-16-25-18/h5-6,14H,3-4,7-13,15-16H2,1-2H3. The maximum absolute atomic E-state index is 12.4. The van der Waals surface area contributed by atoms with Crippen LogP contribution < -0.4 is 9.47 Å². The average Bonchev–Trinajstić information content (AvgIpc) is 3.13. The SMILES string of the molecule is CCCCN(C)CCC(=O)N1CCN(Cc2ccc3c(c2)OCO3)CC1. The molecule has 1 aromatic carbocycles. The van der Waals surface area contributed by atoms with Crippen molar-refractivity contribution in [1.29, 1.82) is 0 Å². The van der Waals surface area contributed by atoms with Crippen molar-refractivity contribution in [3.8, 4) is 11.5 Å². The molecule has 0 unspecified atom stereocenters. The summed E-state index contributed by atoms with van der Waals surface area (Å²) in [5, 5.41) is 0. The van der Waals surface area contributed by atoms with Gasteiger partial charge in [-0.1, -0.05) is 19.4 Å². The van der Waals surface area contributed by atoms with Gasteiger partial charge in [0.25, 0.3) is 0 Å². The van der Waals surface area contributed by atoms with E-state index in [9.17, 15) is 4.79 Å².